The SMILES string of the molecule is Fc1nc(F)c(F)c(NCCc2cn3c(n2)CCCC3)c1F. The van der Waals surface area contributed by atoms with Gasteiger partial charge in [0.05, 0.1) is 5.69 Å². The van der Waals surface area contributed by atoms with E-state index in [0.29, 0.717) is 6.42 Å². The van der Waals surface area contributed by atoms with Crippen LogP contribution in [-0.4, -0.2) is 21.1 Å². The first-order valence-electron chi connectivity index (χ1n) is 7.05. The highest BCUT2D eigenvalue weighted by atomic mass is 19.2. The summed E-state index contributed by atoms with van der Waals surface area (Å²) in [5.74, 6) is -5.39. The van der Waals surface area contributed by atoms with Crippen LogP contribution in [0.25, 0.3) is 0 Å². The van der Waals surface area contributed by atoms with Crippen molar-refractivity contribution in [3.8, 4) is 0 Å². The Bertz CT molecular complexity index is 649. The third-order valence-electron chi connectivity index (χ3n) is 3.64. The van der Waals surface area contributed by atoms with Crippen LogP contribution in [0, 0.1) is 23.5 Å². The number of pyridine rings is 1. The Kier molecular flexibility index (Phi) is 4.00. The lowest BCUT2D eigenvalue weighted by Gasteiger charge is -2.11. The Hall–Kier alpha value is -2.12. The second-order valence-electron chi connectivity index (χ2n) is 5.17. The van der Waals surface area contributed by atoms with Crippen LogP contribution < -0.4 is 5.32 Å². The molecule has 0 radical (unpaired) electrons. The molecule has 0 spiro atoms. The first kappa shape index (κ1) is 14.8. The average Bonchev–Trinajstić information content (AvgIpc) is 2.91. The van der Waals surface area contributed by atoms with Crippen LogP contribution in [0.15, 0.2) is 6.20 Å². The smallest absolute Gasteiger partial charge is 0.253 e. The van der Waals surface area contributed by atoms with Crippen molar-refractivity contribution in [2.45, 2.75) is 32.2 Å². The molecule has 0 saturated carbocycles. The molecular weight excluding hydrogens is 300 g/mol. The van der Waals surface area contributed by atoms with Gasteiger partial charge in [0.15, 0.2) is 0 Å². The molecule has 118 valence electrons. The largest absolute Gasteiger partial charge is 0.380 e. The number of rotatable bonds is 4. The van der Waals surface area contributed by atoms with Gasteiger partial charge in [-0.25, -0.2) is 4.98 Å². The van der Waals surface area contributed by atoms with E-state index in [-0.39, 0.29) is 6.54 Å². The van der Waals surface area contributed by atoms with Gasteiger partial charge < -0.3 is 9.88 Å². The molecule has 1 aliphatic heterocycles. The Morgan fingerprint density at radius 1 is 1.05 bits per heavy atom. The van der Waals surface area contributed by atoms with Crippen LogP contribution in [0.1, 0.15) is 24.4 Å². The van der Waals surface area contributed by atoms with Gasteiger partial charge in [0.2, 0.25) is 11.6 Å². The molecule has 0 fully saturated rings. The first-order chi connectivity index (χ1) is 10.6. The molecule has 2 aromatic heterocycles. The van der Waals surface area contributed by atoms with Crippen molar-refractivity contribution in [1.82, 2.24) is 14.5 Å². The third-order valence-corrected chi connectivity index (χ3v) is 3.64. The summed E-state index contributed by atoms with van der Waals surface area (Å²) in [5.41, 5.74) is -0.0609. The number of halogens is 4. The van der Waals surface area contributed by atoms with Crippen molar-refractivity contribution >= 4 is 5.69 Å². The average molecular weight is 314 g/mol. The number of fused-ring (bicyclic) bond motifs is 1. The highest BCUT2D eigenvalue weighted by Crippen LogP contribution is 2.22. The molecule has 0 amide bonds. The van der Waals surface area contributed by atoms with E-state index < -0.39 is 29.2 Å². The fourth-order valence-corrected chi connectivity index (χ4v) is 2.55. The van der Waals surface area contributed by atoms with Crippen molar-refractivity contribution in [3.05, 3.63) is 41.2 Å². The maximum absolute atomic E-state index is 13.4. The lowest BCUT2D eigenvalue weighted by atomic mass is 10.2. The minimum absolute atomic E-state index is 0.104. The second-order valence-corrected chi connectivity index (χ2v) is 5.17. The lowest BCUT2D eigenvalue weighted by molar-refractivity contribution is 0.410. The van der Waals surface area contributed by atoms with Gasteiger partial charge in [-0.05, 0) is 12.8 Å². The quantitative estimate of drug-likeness (QED) is 0.697. The normalized spacial score (nSPS) is 14.0. The van der Waals surface area contributed by atoms with Crippen LogP contribution in [0.4, 0.5) is 23.2 Å². The second kappa shape index (κ2) is 5.94. The Balaban J connectivity index is 1.67. The maximum Gasteiger partial charge on any atom is 0.253 e. The molecule has 0 unspecified atom stereocenters. The predicted molar refractivity (Wildman–Crippen MR) is 71.4 cm³/mol. The molecular formula is C14H14F4N4. The summed E-state index contributed by atoms with van der Waals surface area (Å²) in [5, 5.41) is 2.37. The van der Waals surface area contributed by atoms with Crippen molar-refractivity contribution in [3.63, 3.8) is 0 Å². The summed E-state index contributed by atoms with van der Waals surface area (Å²) in [6.45, 7) is 1.02. The van der Waals surface area contributed by atoms with Gasteiger partial charge in [0.1, 0.15) is 11.5 Å². The van der Waals surface area contributed by atoms with Crippen molar-refractivity contribution in [2.24, 2.45) is 0 Å². The van der Waals surface area contributed by atoms with Crippen LogP contribution in [0.3, 0.4) is 0 Å². The van der Waals surface area contributed by atoms with Gasteiger partial charge in [-0.1, -0.05) is 0 Å². The Morgan fingerprint density at radius 3 is 2.45 bits per heavy atom. The van der Waals surface area contributed by atoms with Crippen molar-refractivity contribution in [1.29, 1.82) is 0 Å². The zero-order valence-corrected chi connectivity index (χ0v) is 11.7. The van der Waals surface area contributed by atoms with Gasteiger partial charge in [-0.15, -0.1) is 0 Å². The Labute approximate surface area is 124 Å². The molecule has 22 heavy (non-hydrogen) atoms. The number of aryl methyl sites for hydroxylation is 2. The van der Waals surface area contributed by atoms with E-state index in [1.165, 1.54) is 0 Å². The number of hydrogen-bond donors (Lipinski definition) is 1. The first-order valence-corrected chi connectivity index (χ1v) is 7.05. The highest BCUT2D eigenvalue weighted by molar-refractivity contribution is 5.45. The molecule has 0 bridgehead atoms. The number of imidazole rings is 1. The summed E-state index contributed by atoms with van der Waals surface area (Å²) >= 11 is 0. The van der Waals surface area contributed by atoms with E-state index in [0.717, 1.165) is 37.3 Å². The molecule has 0 aromatic carbocycles. The predicted octanol–water partition coefficient (Wildman–Crippen LogP) is 2.83. The minimum Gasteiger partial charge on any atom is -0.380 e. The summed E-state index contributed by atoms with van der Waals surface area (Å²) < 4.78 is 54.9. The van der Waals surface area contributed by atoms with Gasteiger partial charge in [0, 0.05) is 32.1 Å². The number of nitrogens with zero attached hydrogens (tertiary/aromatic N) is 3. The molecule has 0 atom stereocenters. The van der Waals surface area contributed by atoms with Crippen LogP contribution in [-0.2, 0) is 19.4 Å². The number of hydrogen-bond acceptors (Lipinski definition) is 3. The third kappa shape index (κ3) is 2.77. The standard InChI is InChI=1S/C14H14F4N4/c15-10-12(11(16)14(18)21-13(10)17)19-5-4-8-7-22-6-2-1-3-9(22)20-8/h7H,1-6H2,(H,19,21). The molecule has 0 aliphatic carbocycles. The van der Waals surface area contributed by atoms with Crippen LogP contribution >= 0.6 is 0 Å². The maximum atomic E-state index is 13.4. The molecule has 0 saturated heterocycles. The van der Waals surface area contributed by atoms with Gasteiger partial charge >= 0.3 is 0 Å². The van der Waals surface area contributed by atoms with E-state index in [1.807, 2.05) is 6.20 Å². The molecule has 1 N–H and O–H groups in total. The summed E-state index contributed by atoms with van der Waals surface area (Å²) in [4.78, 5) is 6.94. The zero-order chi connectivity index (χ0) is 15.7. The number of aromatic nitrogens is 3. The van der Waals surface area contributed by atoms with E-state index in [2.05, 4.69) is 19.9 Å². The summed E-state index contributed by atoms with van der Waals surface area (Å²) in [6, 6.07) is 0. The van der Waals surface area contributed by atoms with Gasteiger partial charge in [-0.3, -0.25) is 0 Å². The van der Waals surface area contributed by atoms with Gasteiger partial charge in [-0.2, -0.15) is 22.5 Å². The summed E-state index contributed by atoms with van der Waals surface area (Å²) in [7, 11) is 0. The number of anilines is 1. The van der Waals surface area contributed by atoms with E-state index >= 15 is 0 Å². The van der Waals surface area contributed by atoms with Crippen molar-refractivity contribution in [2.75, 3.05) is 11.9 Å². The minimum atomic E-state index is -1.67. The fraction of sp³-hybridized carbons (Fsp3) is 0.429. The molecule has 4 nitrogen and oxygen atoms in total. The topological polar surface area (TPSA) is 42.7 Å². The summed E-state index contributed by atoms with van der Waals surface area (Å²) in [6.07, 6.45) is 5.41. The van der Waals surface area contributed by atoms with Crippen LogP contribution in [0.2, 0.25) is 0 Å². The molecule has 8 heteroatoms. The Morgan fingerprint density at radius 2 is 1.77 bits per heavy atom. The molecule has 3 heterocycles. The van der Waals surface area contributed by atoms with Crippen molar-refractivity contribution < 1.29 is 17.6 Å². The number of nitrogens with one attached hydrogen (secondary N) is 1. The van der Waals surface area contributed by atoms with E-state index in [1.54, 1.807) is 0 Å². The zero-order valence-electron chi connectivity index (χ0n) is 11.7. The fourth-order valence-electron chi connectivity index (χ4n) is 2.55. The monoisotopic (exact) mass is 314 g/mol. The molecule has 3 rings (SSSR count). The molecule has 1 aliphatic rings. The lowest BCUT2D eigenvalue weighted by Crippen LogP contribution is -2.12. The highest BCUT2D eigenvalue weighted by Gasteiger charge is 2.20. The van der Waals surface area contributed by atoms with Crippen LogP contribution in [0.5, 0.6) is 0 Å². The molecule has 2 aromatic rings. The van der Waals surface area contributed by atoms with E-state index in [9.17, 15) is 17.6 Å². The van der Waals surface area contributed by atoms with Gasteiger partial charge in [0.25, 0.3) is 11.9 Å². The van der Waals surface area contributed by atoms with E-state index in [4.69, 9.17) is 0 Å².